The van der Waals surface area contributed by atoms with Crippen molar-refractivity contribution in [1.29, 1.82) is 5.26 Å². The van der Waals surface area contributed by atoms with Crippen molar-refractivity contribution >= 4 is 22.2 Å². The van der Waals surface area contributed by atoms with Gasteiger partial charge in [-0.05, 0) is 49.9 Å². The van der Waals surface area contributed by atoms with Gasteiger partial charge in [-0.3, -0.25) is 4.79 Å². The molecule has 7 heteroatoms. The first kappa shape index (κ1) is 19.3. The molecule has 2 N–H and O–H groups in total. The molecular formula is C20H23FN3O2S+. The molecule has 0 saturated carbocycles. The Hall–Kier alpha value is -2.43. The molecule has 3 rings (SSSR count). The first-order valence-electron chi connectivity index (χ1n) is 9.06. The quantitative estimate of drug-likeness (QED) is 0.765. The standard InChI is InChI=1S/C20H22FN3O2S/c1-3-24(11-13-7-8-17(26-2)16(21)9-13)12-19(25)23-20-15(10-22)14-5-4-6-18(14)27-20/h7-9H,3-6,11-12H2,1-2H3,(H,23,25)/p+1. The lowest BCUT2D eigenvalue weighted by Crippen LogP contribution is -3.11. The van der Waals surface area contributed by atoms with E-state index in [9.17, 15) is 14.4 Å². The van der Waals surface area contributed by atoms with E-state index in [-0.39, 0.29) is 18.2 Å². The average molecular weight is 388 g/mol. The number of carbonyl (C=O) groups excluding carboxylic acids is 1. The van der Waals surface area contributed by atoms with E-state index in [2.05, 4.69) is 11.4 Å². The third-order valence-electron chi connectivity index (χ3n) is 4.87. The largest absolute Gasteiger partial charge is 0.494 e. The highest BCUT2D eigenvalue weighted by Crippen LogP contribution is 2.38. The Balaban J connectivity index is 1.64. The number of methoxy groups -OCH3 is 1. The molecule has 0 saturated heterocycles. The average Bonchev–Trinajstić information content (AvgIpc) is 3.21. The normalized spacial score (nSPS) is 13.7. The van der Waals surface area contributed by atoms with Crippen LogP contribution in [0.5, 0.6) is 5.75 Å². The molecule has 1 amide bonds. The second kappa shape index (κ2) is 8.51. The van der Waals surface area contributed by atoms with Gasteiger partial charge in [0.05, 0.1) is 19.2 Å². The summed E-state index contributed by atoms with van der Waals surface area (Å²) in [5.41, 5.74) is 2.54. The number of fused-ring (bicyclic) bond motifs is 1. The zero-order valence-electron chi connectivity index (χ0n) is 15.5. The molecule has 0 spiro atoms. The lowest BCUT2D eigenvalue weighted by Gasteiger charge is -2.17. The number of hydrogen-bond acceptors (Lipinski definition) is 4. The van der Waals surface area contributed by atoms with Crippen molar-refractivity contribution in [2.75, 3.05) is 25.5 Å². The number of quaternary nitrogens is 1. The summed E-state index contributed by atoms with van der Waals surface area (Å²) >= 11 is 1.52. The van der Waals surface area contributed by atoms with Gasteiger partial charge in [-0.15, -0.1) is 11.3 Å². The Morgan fingerprint density at radius 2 is 2.26 bits per heavy atom. The SMILES string of the molecule is CC[NH+](CC(=O)Nc1sc2c(c1C#N)CCC2)Cc1ccc(OC)c(F)c1. The number of likely N-dealkylation sites (N-methyl/N-ethyl adjacent to an activating group) is 1. The van der Waals surface area contributed by atoms with E-state index in [1.54, 1.807) is 6.07 Å². The molecular weight excluding hydrogens is 365 g/mol. The third-order valence-corrected chi connectivity index (χ3v) is 6.07. The van der Waals surface area contributed by atoms with E-state index in [1.165, 1.54) is 29.4 Å². The fraction of sp³-hybridized carbons (Fsp3) is 0.400. The molecule has 0 aliphatic heterocycles. The first-order chi connectivity index (χ1) is 13.0. The highest BCUT2D eigenvalue weighted by Gasteiger charge is 2.24. The molecule has 27 heavy (non-hydrogen) atoms. The van der Waals surface area contributed by atoms with Crippen molar-refractivity contribution in [1.82, 2.24) is 0 Å². The van der Waals surface area contributed by atoms with Gasteiger partial charge in [0.25, 0.3) is 5.91 Å². The van der Waals surface area contributed by atoms with E-state index < -0.39 is 5.82 Å². The van der Waals surface area contributed by atoms with Gasteiger partial charge in [-0.2, -0.15) is 5.26 Å². The summed E-state index contributed by atoms with van der Waals surface area (Å²) < 4.78 is 18.8. The third kappa shape index (κ3) is 4.29. The summed E-state index contributed by atoms with van der Waals surface area (Å²) in [6, 6.07) is 7.10. The predicted octanol–water partition coefficient (Wildman–Crippen LogP) is 2.30. The number of anilines is 1. The van der Waals surface area contributed by atoms with Crippen molar-refractivity contribution in [3.8, 4) is 11.8 Å². The zero-order valence-corrected chi connectivity index (χ0v) is 16.3. The van der Waals surface area contributed by atoms with Crippen molar-refractivity contribution in [3.05, 3.63) is 45.6 Å². The minimum atomic E-state index is -0.401. The number of nitrogens with one attached hydrogen (secondary N) is 2. The Morgan fingerprint density at radius 1 is 1.44 bits per heavy atom. The molecule has 1 aromatic heterocycles. The van der Waals surface area contributed by atoms with Crippen LogP contribution in [-0.4, -0.2) is 26.1 Å². The van der Waals surface area contributed by atoms with Crippen molar-refractivity contribution in [3.63, 3.8) is 0 Å². The van der Waals surface area contributed by atoms with Gasteiger partial charge in [0, 0.05) is 10.4 Å². The second-order valence-corrected chi connectivity index (χ2v) is 7.75. The monoisotopic (exact) mass is 388 g/mol. The maximum atomic E-state index is 13.9. The van der Waals surface area contributed by atoms with E-state index in [1.807, 2.05) is 13.0 Å². The van der Waals surface area contributed by atoms with Crippen LogP contribution in [0.1, 0.15) is 34.9 Å². The number of amides is 1. The van der Waals surface area contributed by atoms with Gasteiger partial charge in [-0.1, -0.05) is 0 Å². The summed E-state index contributed by atoms with van der Waals surface area (Å²) in [5.74, 6) is -0.316. The number of halogens is 1. The van der Waals surface area contributed by atoms with Crippen molar-refractivity contribution in [2.45, 2.75) is 32.7 Å². The van der Waals surface area contributed by atoms with Gasteiger partial charge in [0.15, 0.2) is 18.1 Å². The highest BCUT2D eigenvalue weighted by atomic mass is 32.1. The Morgan fingerprint density at radius 3 is 2.93 bits per heavy atom. The summed E-state index contributed by atoms with van der Waals surface area (Å²) in [6.07, 6.45) is 2.98. The number of nitrogens with zero attached hydrogens (tertiary/aromatic N) is 1. The molecule has 142 valence electrons. The lowest BCUT2D eigenvalue weighted by molar-refractivity contribution is -0.903. The van der Waals surface area contributed by atoms with Crippen molar-refractivity contribution in [2.24, 2.45) is 0 Å². The van der Waals surface area contributed by atoms with Crippen LogP contribution in [0, 0.1) is 17.1 Å². The van der Waals surface area contributed by atoms with E-state index in [0.717, 1.165) is 41.8 Å². The first-order valence-corrected chi connectivity index (χ1v) is 9.87. The van der Waals surface area contributed by atoms with Crippen LogP contribution in [-0.2, 0) is 24.2 Å². The number of carbonyl (C=O) groups is 1. The van der Waals surface area contributed by atoms with Crippen LogP contribution in [0.25, 0.3) is 0 Å². The maximum Gasteiger partial charge on any atom is 0.280 e. The van der Waals surface area contributed by atoms with Gasteiger partial charge in [0.2, 0.25) is 0 Å². The Labute approximate surface area is 162 Å². The number of hydrogen-bond donors (Lipinski definition) is 2. The van der Waals surface area contributed by atoms with Crippen LogP contribution in [0.4, 0.5) is 9.39 Å². The van der Waals surface area contributed by atoms with Gasteiger partial charge >= 0.3 is 0 Å². The van der Waals surface area contributed by atoms with Crippen LogP contribution in [0.15, 0.2) is 18.2 Å². The zero-order chi connectivity index (χ0) is 19.4. The van der Waals surface area contributed by atoms with E-state index in [4.69, 9.17) is 4.74 Å². The Bertz CT molecular complexity index is 888. The Kier molecular flexibility index (Phi) is 6.09. The van der Waals surface area contributed by atoms with Crippen LogP contribution < -0.4 is 15.0 Å². The van der Waals surface area contributed by atoms with Gasteiger partial charge in [0.1, 0.15) is 17.6 Å². The molecule has 1 atom stereocenters. The maximum absolute atomic E-state index is 13.9. The fourth-order valence-electron chi connectivity index (χ4n) is 3.43. The van der Waals surface area contributed by atoms with Crippen LogP contribution in [0.3, 0.4) is 0 Å². The molecule has 1 aromatic carbocycles. The summed E-state index contributed by atoms with van der Waals surface area (Å²) in [5, 5.41) is 13.0. The lowest BCUT2D eigenvalue weighted by atomic mass is 10.1. The van der Waals surface area contributed by atoms with Crippen LogP contribution in [0.2, 0.25) is 0 Å². The number of aryl methyl sites for hydroxylation is 1. The predicted molar refractivity (Wildman–Crippen MR) is 103 cm³/mol. The second-order valence-electron chi connectivity index (χ2n) is 6.65. The number of benzene rings is 1. The summed E-state index contributed by atoms with van der Waals surface area (Å²) in [7, 11) is 1.43. The molecule has 1 aliphatic carbocycles. The molecule has 0 bridgehead atoms. The smallest absolute Gasteiger partial charge is 0.280 e. The minimum Gasteiger partial charge on any atom is -0.494 e. The highest BCUT2D eigenvalue weighted by molar-refractivity contribution is 7.16. The number of ether oxygens (including phenoxy) is 1. The van der Waals surface area contributed by atoms with Gasteiger partial charge in [-0.25, -0.2) is 4.39 Å². The molecule has 1 aliphatic rings. The molecule has 1 unspecified atom stereocenters. The number of nitriles is 1. The van der Waals surface area contributed by atoms with Gasteiger partial charge < -0.3 is 15.0 Å². The van der Waals surface area contributed by atoms with Crippen molar-refractivity contribution < 1.29 is 18.8 Å². The molecule has 0 radical (unpaired) electrons. The minimum absolute atomic E-state index is 0.128. The fourth-order valence-corrected chi connectivity index (χ4v) is 4.69. The number of rotatable bonds is 7. The molecule has 0 fully saturated rings. The molecule has 2 aromatic rings. The summed E-state index contributed by atoms with van der Waals surface area (Å²) in [4.78, 5) is 14.7. The molecule has 5 nitrogen and oxygen atoms in total. The van der Waals surface area contributed by atoms with E-state index in [0.29, 0.717) is 17.1 Å². The van der Waals surface area contributed by atoms with Crippen LogP contribution >= 0.6 is 11.3 Å². The van der Waals surface area contributed by atoms with E-state index >= 15 is 0 Å². The summed E-state index contributed by atoms with van der Waals surface area (Å²) in [6.45, 7) is 3.52. The molecule has 1 heterocycles. The number of thiophene rings is 1. The topological polar surface area (TPSA) is 66.6 Å².